The minimum atomic E-state index is -5.77. The number of hydrogen-bond donors (Lipinski definition) is 7. The van der Waals surface area contributed by atoms with E-state index in [-0.39, 0.29) is 150 Å². The van der Waals surface area contributed by atoms with Crippen molar-refractivity contribution in [1.29, 1.82) is 0 Å². The van der Waals surface area contributed by atoms with Crippen LogP contribution in [-0.4, -0.2) is 148 Å². The molecule has 4 heterocycles. The number of phenols is 2. The number of para-hydroxylation sites is 3. The van der Waals surface area contributed by atoms with Crippen LogP contribution in [0.5, 0.6) is 34.5 Å². The van der Waals surface area contributed by atoms with Gasteiger partial charge >= 0.3 is 91.1 Å². The molecule has 0 spiro atoms. The van der Waals surface area contributed by atoms with Crippen LogP contribution in [0.2, 0.25) is 0 Å². The van der Waals surface area contributed by atoms with Crippen LogP contribution < -0.4 is 52.2 Å². The molecule has 0 saturated heterocycles. The molecule has 4 aromatic heterocycles. The van der Waals surface area contributed by atoms with Crippen LogP contribution in [-0.2, 0) is 98.1 Å². The third-order valence-corrected chi connectivity index (χ3v) is 18.0. The minimum Gasteiger partial charge on any atom is -1.00 e. The van der Waals surface area contributed by atoms with Crippen molar-refractivity contribution in [2.24, 2.45) is 5.73 Å². The number of anilines is 1. The van der Waals surface area contributed by atoms with Crippen LogP contribution in [0.15, 0.2) is 219 Å². The summed E-state index contributed by atoms with van der Waals surface area (Å²) < 4.78 is 195. The van der Waals surface area contributed by atoms with Gasteiger partial charge in [0.05, 0.1) is 110 Å². The zero-order chi connectivity index (χ0) is 85.7. The standard InChI is InChI=1S/C20H20O7S.C13H12O5.C10H7F3O5S.C10H12O3.C9H8O3.C8H8F3NO2S.C7H10BNO2.Al.ClH.Li.4H/c1-3-24-20(21)12-15-6-4-5-7-17(15)26-13-14-10-18-16(8-9-25-18)19(11-14)27-28(2,22)23;1-3-16-13(15)9-6-11-10(4-5-17-11)12(7-9)18-8(2)14;11-10(12,13)19(15,16)18-9-4-6(5-14)3-8-7(9)1-2-17-8;1-2-13-10(12)7-8-5-3-4-6-9(8)11;10-5-6-3-8(11)7-1-2-12-9(7)4-6;1-12(7-5-3-2-4-6-7)15(13,14)8(9,10)11;9-5-6-2-1-3-7(4-6)8(10)11;;;;;;;/h4-11H,3,12-13H2,1-2H3;4-7H,3H2,1-2H3;1-4,14H,5H2;3-6,11H,2,7H2,1H3;1-4,10-11H,5H2;2-6H,1H3;1-4,10-11H,5,9H2;;1H;;;;;/q;;;;;;;;;+1;;;;-1. The summed E-state index contributed by atoms with van der Waals surface area (Å²) in [6.07, 6.45) is 6.80. The van der Waals surface area contributed by atoms with Crippen molar-refractivity contribution in [2.75, 3.05) is 37.4 Å². The number of carbonyl (C=O) groups is 4. The largest absolute Gasteiger partial charge is 1.00 e. The summed E-state index contributed by atoms with van der Waals surface area (Å²) in [5.41, 5.74) is 0.610. The van der Waals surface area contributed by atoms with Crippen molar-refractivity contribution in [1.82, 2.24) is 0 Å². The molecule has 0 atom stereocenters. The Morgan fingerprint density at radius 2 is 0.983 bits per heavy atom. The summed E-state index contributed by atoms with van der Waals surface area (Å²) in [7, 11) is -15.3. The average molecular weight is 1760 g/mol. The first-order valence-corrected chi connectivity index (χ1v) is 38.7. The summed E-state index contributed by atoms with van der Waals surface area (Å²) in [6, 6.07) is 46.1. The number of hydrogen-bond acceptors (Lipinski definition) is 28. The molecule has 0 aliphatic carbocycles. The molecule has 8 N–H and O–H groups in total. The Bertz CT molecular complexity index is 5650. The molecule has 12 aromatic rings. The van der Waals surface area contributed by atoms with Crippen molar-refractivity contribution >= 4 is 146 Å². The molecule has 0 amide bonds. The van der Waals surface area contributed by atoms with Gasteiger partial charge in [-0.2, -0.15) is 51.6 Å². The number of aromatic hydroxyl groups is 2. The van der Waals surface area contributed by atoms with Gasteiger partial charge in [0, 0.05) is 31.6 Å². The van der Waals surface area contributed by atoms with Gasteiger partial charge < -0.3 is 87.4 Å². The second kappa shape index (κ2) is 47.8. The number of esters is 4. The molecular formula is C77H82AlBClF6LiN2O27S3. The average Bonchev–Trinajstić information content (AvgIpc) is 1.62. The van der Waals surface area contributed by atoms with Gasteiger partial charge in [-0.05, 0) is 146 Å². The second-order valence-corrected chi connectivity index (χ2v) is 28.6. The SMILES string of the molecule is CCOC(=O)Cc1ccccc1O.CCOC(=O)Cc1ccccc1OCc1cc(OS(C)(=O)=O)c2ccoc2c1.CCOC(=O)c1cc(OC(C)=O)c2ccoc2c1.CN(c1ccccc1)S(=O)(=O)C(F)(F)F.Cl.NCc1cccc(B(O)O)c1.O=S(=O)(Oc1cc(CO)cc2occc12)C(F)(F)F.OCc1cc(O)c2ccoc2c1.[AlH3].[H-].[Li+]. The smallest absolute Gasteiger partial charge is 1.00 e. The van der Waals surface area contributed by atoms with E-state index in [1.54, 1.807) is 130 Å². The molecule has 0 aliphatic heterocycles. The first kappa shape index (κ1) is 103. The van der Waals surface area contributed by atoms with Gasteiger partial charge in [0.15, 0.2) is 28.9 Å². The fraction of sp³-hybridized carbons (Fsp3) is 0.221. The summed E-state index contributed by atoms with van der Waals surface area (Å²) in [6.45, 7) is 7.43. The van der Waals surface area contributed by atoms with Crippen molar-refractivity contribution in [3.05, 3.63) is 240 Å². The minimum absolute atomic E-state index is 0. The van der Waals surface area contributed by atoms with Crippen LogP contribution >= 0.6 is 12.4 Å². The van der Waals surface area contributed by atoms with Gasteiger partial charge in [0.1, 0.15) is 51.9 Å². The number of furan rings is 4. The van der Waals surface area contributed by atoms with Gasteiger partial charge in [0.25, 0.3) is 0 Å². The van der Waals surface area contributed by atoms with Crippen LogP contribution in [0, 0.1) is 0 Å². The molecule has 0 unspecified atom stereocenters. The molecule has 119 heavy (non-hydrogen) atoms. The fourth-order valence-electron chi connectivity index (χ4n) is 9.79. The van der Waals surface area contributed by atoms with E-state index in [9.17, 15) is 81.0 Å². The quantitative estimate of drug-likeness (QED) is 0.00636. The normalized spacial score (nSPS) is 10.9. The number of rotatable bonds is 22. The Kier molecular flexibility index (Phi) is 41.2. The molecule has 12 rings (SSSR count). The monoisotopic (exact) mass is 1760 g/mol. The number of aliphatic hydroxyl groups is 2. The maximum Gasteiger partial charge on any atom is 1.00 e. The summed E-state index contributed by atoms with van der Waals surface area (Å²) >= 11 is 0. The van der Waals surface area contributed by atoms with E-state index >= 15 is 0 Å². The first-order chi connectivity index (χ1) is 54.8. The molecule has 0 bridgehead atoms. The third kappa shape index (κ3) is 31.2. The van der Waals surface area contributed by atoms with Crippen molar-refractivity contribution in [3.63, 3.8) is 0 Å². The Labute approximate surface area is 708 Å². The first-order valence-electron chi connectivity index (χ1n) is 34.0. The van der Waals surface area contributed by atoms with Crippen LogP contribution in [0.4, 0.5) is 32.0 Å². The Balaban J connectivity index is 0.000000482. The van der Waals surface area contributed by atoms with E-state index in [2.05, 4.69) is 4.18 Å². The van der Waals surface area contributed by atoms with E-state index in [0.717, 1.165) is 24.9 Å². The second-order valence-electron chi connectivity index (χ2n) is 23.6. The number of sulfonamides is 1. The molecule has 42 heteroatoms. The number of benzene rings is 8. The van der Waals surface area contributed by atoms with Crippen molar-refractivity contribution in [2.45, 2.75) is 77.9 Å². The number of phenolic OH excluding ortho intramolecular Hbond substituents is 2. The number of alkyl halides is 6. The van der Waals surface area contributed by atoms with E-state index < -0.39 is 72.7 Å². The third-order valence-electron chi connectivity index (χ3n) is 15.1. The Morgan fingerprint density at radius 1 is 0.521 bits per heavy atom. The molecule has 636 valence electrons. The van der Waals surface area contributed by atoms with Crippen molar-refractivity contribution < 1.29 is 171 Å². The fourth-order valence-corrected chi connectivity index (χ4v) is 11.4. The number of nitrogens with zero attached hydrogens (tertiary/aromatic N) is 1. The number of fused-ring (bicyclic) bond motifs is 4. The van der Waals surface area contributed by atoms with E-state index in [4.69, 9.17) is 71.5 Å². The summed E-state index contributed by atoms with van der Waals surface area (Å²) in [4.78, 5) is 45.5. The predicted molar refractivity (Wildman–Crippen MR) is 429 cm³/mol. The van der Waals surface area contributed by atoms with Crippen molar-refractivity contribution in [3.8, 4) is 34.5 Å². The van der Waals surface area contributed by atoms with Gasteiger partial charge in [0.2, 0.25) is 0 Å². The Hall–Kier alpha value is -10.7. The maximum absolute atomic E-state index is 12.2. The van der Waals surface area contributed by atoms with E-state index in [0.29, 0.717) is 86.1 Å². The number of aliphatic hydroxyl groups excluding tert-OH is 2. The van der Waals surface area contributed by atoms with E-state index in [1.807, 2.05) is 12.1 Å². The zero-order valence-corrected chi connectivity index (χ0v) is 66.9. The Morgan fingerprint density at radius 3 is 1.48 bits per heavy atom. The van der Waals surface area contributed by atoms with Crippen LogP contribution in [0.3, 0.4) is 0 Å². The predicted octanol–water partition coefficient (Wildman–Crippen LogP) is 8.42. The topological polar surface area (TPSA) is 439 Å². The van der Waals surface area contributed by atoms with Gasteiger partial charge in [-0.1, -0.05) is 78.9 Å². The number of ether oxygens (including phenoxy) is 5. The molecule has 0 saturated carbocycles. The molecule has 0 fully saturated rings. The molecular weight excluding hydrogens is 1680 g/mol. The molecule has 0 radical (unpaired) electrons. The van der Waals surface area contributed by atoms with E-state index in [1.165, 1.54) is 80.5 Å². The van der Waals surface area contributed by atoms with Crippen LogP contribution in [0.1, 0.15) is 72.9 Å². The molecule has 8 aromatic carbocycles. The summed E-state index contributed by atoms with van der Waals surface area (Å²) in [5.74, 6) is -0.857. The summed E-state index contributed by atoms with van der Waals surface area (Å²) in [5, 5.41) is 55.9. The van der Waals surface area contributed by atoms with Gasteiger partial charge in [-0.3, -0.25) is 18.7 Å². The zero-order valence-electron chi connectivity index (χ0n) is 64.7. The number of halogens is 7. The van der Waals surface area contributed by atoms with Gasteiger partial charge in [-0.25, -0.2) is 4.79 Å². The van der Waals surface area contributed by atoms with Gasteiger partial charge in [-0.15, -0.1) is 12.4 Å². The number of carbonyl (C=O) groups excluding carboxylic acids is 4. The number of nitrogens with two attached hydrogens (primary N) is 1. The maximum atomic E-state index is 12.2. The molecule has 29 nitrogen and oxygen atoms in total. The van der Waals surface area contributed by atoms with Crippen LogP contribution in [0.25, 0.3) is 43.9 Å². The molecule has 0 aliphatic rings.